The van der Waals surface area contributed by atoms with Crippen LogP contribution in [-0.4, -0.2) is 34.6 Å². The average molecular weight is 263 g/mol. The van der Waals surface area contributed by atoms with Gasteiger partial charge in [0.2, 0.25) is 0 Å². The smallest absolute Gasteiger partial charge is 0.129 e. The number of rotatable bonds is 3. The van der Waals surface area contributed by atoms with Gasteiger partial charge < -0.3 is 15.7 Å². The van der Waals surface area contributed by atoms with Crippen molar-refractivity contribution in [2.75, 3.05) is 19.8 Å². The van der Waals surface area contributed by atoms with Crippen molar-refractivity contribution in [1.29, 1.82) is 0 Å². The zero-order valence-electron chi connectivity index (χ0n) is 12.2. The molecule has 106 valence electrons. The van der Waals surface area contributed by atoms with Gasteiger partial charge in [0, 0.05) is 11.8 Å². The van der Waals surface area contributed by atoms with Gasteiger partial charge in [-0.1, -0.05) is 19.3 Å². The lowest BCUT2D eigenvalue weighted by Crippen LogP contribution is -2.51. The third-order valence-corrected chi connectivity index (χ3v) is 4.63. The number of aliphatic hydroxyl groups is 1. The Labute approximate surface area is 115 Å². The van der Waals surface area contributed by atoms with E-state index in [9.17, 15) is 5.11 Å². The number of hydrogen-bond donors (Lipinski definition) is 2. The van der Waals surface area contributed by atoms with Crippen molar-refractivity contribution in [2.45, 2.75) is 50.7 Å². The highest BCUT2D eigenvalue weighted by molar-refractivity contribution is 5.46. The van der Waals surface area contributed by atoms with E-state index in [0.29, 0.717) is 5.82 Å². The first-order valence-electron chi connectivity index (χ1n) is 7.05. The lowest BCUT2D eigenvalue weighted by molar-refractivity contribution is -0.0336. The van der Waals surface area contributed by atoms with Crippen LogP contribution in [-0.2, 0) is 0 Å². The monoisotopic (exact) mass is 263 g/mol. The molecule has 1 heterocycles. The molecule has 1 aromatic heterocycles. The molecule has 2 rings (SSSR count). The third-order valence-electron chi connectivity index (χ3n) is 4.63. The second-order valence-corrected chi connectivity index (χ2v) is 5.89. The van der Waals surface area contributed by atoms with Crippen molar-refractivity contribution in [3.8, 4) is 0 Å². The number of hydrogen-bond acceptors (Lipinski definition) is 4. The summed E-state index contributed by atoms with van der Waals surface area (Å²) in [4.78, 5) is 6.31. The van der Waals surface area contributed by atoms with Gasteiger partial charge in [0.15, 0.2) is 0 Å². The van der Waals surface area contributed by atoms with Crippen LogP contribution in [0.3, 0.4) is 0 Å². The Bertz CT molecular complexity index is 419. The number of pyridine rings is 1. The number of likely N-dealkylation sites (N-methyl/N-ethyl adjacent to an activating group) is 1. The van der Waals surface area contributed by atoms with Crippen LogP contribution in [0, 0.1) is 6.92 Å². The van der Waals surface area contributed by atoms with Gasteiger partial charge in [-0.15, -0.1) is 0 Å². The second kappa shape index (κ2) is 5.47. The van der Waals surface area contributed by atoms with E-state index in [1.165, 1.54) is 6.42 Å². The van der Waals surface area contributed by atoms with Crippen molar-refractivity contribution in [3.63, 3.8) is 0 Å². The summed E-state index contributed by atoms with van der Waals surface area (Å²) in [5.74, 6) is 0.458. The van der Waals surface area contributed by atoms with Crippen LogP contribution in [0.4, 0.5) is 5.82 Å². The highest BCUT2D eigenvalue weighted by Gasteiger charge is 2.43. The first-order valence-corrected chi connectivity index (χ1v) is 7.05. The number of nitrogens with two attached hydrogens (primary N) is 1. The predicted octanol–water partition coefficient (Wildman–Crippen LogP) is 2.27. The summed E-state index contributed by atoms with van der Waals surface area (Å²) in [7, 11) is 4.10. The molecule has 1 atom stereocenters. The van der Waals surface area contributed by atoms with Crippen LogP contribution in [0.1, 0.15) is 49.3 Å². The molecule has 1 fully saturated rings. The topological polar surface area (TPSA) is 62.4 Å². The molecule has 1 unspecified atom stereocenters. The summed E-state index contributed by atoms with van der Waals surface area (Å²) in [5.41, 5.74) is 7.61. The van der Waals surface area contributed by atoms with Gasteiger partial charge in [-0.3, -0.25) is 0 Å². The van der Waals surface area contributed by atoms with E-state index in [-0.39, 0.29) is 5.54 Å². The molecule has 4 nitrogen and oxygen atoms in total. The highest BCUT2D eigenvalue weighted by atomic mass is 16.3. The Morgan fingerprint density at radius 3 is 2.47 bits per heavy atom. The van der Waals surface area contributed by atoms with E-state index in [4.69, 9.17) is 5.73 Å². The van der Waals surface area contributed by atoms with Crippen LogP contribution < -0.4 is 5.73 Å². The molecule has 1 aliphatic carbocycles. The van der Waals surface area contributed by atoms with Gasteiger partial charge in [-0.05, 0) is 45.5 Å². The molecule has 1 aliphatic rings. The number of nitrogens with zero attached hydrogens (tertiary/aromatic N) is 2. The highest BCUT2D eigenvalue weighted by Crippen LogP contribution is 2.43. The molecule has 3 N–H and O–H groups in total. The molecule has 19 heavy (non-hydrogen) atoms. The molecule has 0 amide bonds. The molecule has 0 bridgehead atoms. The number of aromatic nitrogens is 1. The minimum atomic E-state index is -0.573. The predicted molar refractivity (Wildman–Crippen MR) is 77.8 cm³/mol. The maximum atomic E-state index is 11.0. The Hall–Kier alpha value is -1.13. The van der Waals surface area contributed by atoms with Gasteiger partial charge in [-0.25, -0.2) is 4.98 Å². The van der Waals surface area contributed by atoms with Gasteiger partial charge in [-0.2, -0.15) is 0 Å². The minimum Gasteiger partial charge on any atom is -0.386 e. The van der Waals surface area contributed by atoms with E-state index in [1.807, 2.05) is 13.0 Å². The fourth-order valence-corrected chi connectivity index (χ4v) is 3.34. The Morgan fingerprint density at radius 1 is 1.32 bits per heavy atom. The van der Waals surface area contributed by atoms with E-state index >= 15 is 0 Å². The SMILES string of the molecule is Cc1ccnc(N)c1C(O)C1(N(C)C)CCCCC1. The average Bonchev–Trinajstić information content (AvgIpc) is 2.39. The fraction of sp³-hybridized carbons (Fsp3) is 0.667. The lowest BCUT2D eigenvalue weighted by Gasteiger charge is -2.46. The van der Waals surface area contributed by atoms with E-state index in [0.717, 1.165) is 36.8 Å². The lowest BCUT2D eigenvalue weighted by atomic mass is 9.74. The standard InChI is InChI=1S/C15H25N3O/c1-11-7-10-17-14(16)12(11)13(19)15(18(2)3)8-5-4-6-9-15/h7,10,13,19H,4-6,8-9H2,1-3H3,(H2,16,17). The maximum Gasteiger partial charge on any atom is 0.129 e. The molecule has 0 spiro atoms. The molecular weight excluding hydrogens is 238 g/mol. The summed E-state index contributed by atoms with van der Waals surface area (Å²) < 4.78 is 0. The molecule has 0 aliphatic heterocycles. The summed E-state index contributed by atoms with van der Waals surface area (Å²) >= 11 is 0. The fourth-order valence-electron chi connectivity index (χ4n) is 3.34. The van der Waals surface area contributed by atoms with Crippen molar-refractivity contribution >= 4 is 5.82 Å². The largest absolute Gasteiger partial charge is 0.386 e. The van der Waals surface area contributed by atoms with Crippen LogP contribution >= 0.6 is 0 Å². The first kappa shape index (κ1) is 14.3. The van der Waals surface area contributed by atoms with Crippen LogP contribution in [0.25, 0.3) is 0 Å². The molecule has 0 saturated heterocycles. The quantitative estimate of drug-likeness (QED) is 0.878. The van der Waals surface area contributed by atoms with Crippen molar-refractivity contribution in [1.82, 2.24) is 9.88 Å². The van der Waals surface area contributed by atoms with E-state index < -0.39 is 6.10 Å². The van der Waals surface area contributed by atoms with Gasteiger partial charge in [0.1, 0.15) is 11.9 Å². The minimum absolute atomic E-state index is 0.208. The Balaban J connectivity index is 2.42. The Morgan fingerprint density at radius 2 is 1.95 bits per heavy atom. The third kappa shape index (κ3) is 2.47. The maximum absolute atomic E-state index is 11.0. The number of nitrogen functional groups attached to an aromatic ring is 1. The summed E-state index contributed by atoms with van der Waals surface area (Å²) in [6.07, 6.45) is 6.72. The van der Waals surface area contributed by atoms with Crippen molar-refractivity contribution < 1.29 is 5.11 Å². The molecule has 4 heteroatoms. The van der Waals surface area contributed by atoms with Gasteiger partial charge in [0.25, 0.3) is 0 Å². The zero-order valence-corrected chi connectivity index (χ0v) is 12.2. The molecule has 0 aromatic carbocycles. The van der Waals surface area contributed by atoms with Crippen LogP contribution in [0.2, 0.25) is 0 Å². The molecular formula is C15H25N3O. The molecule has 0 radical (unpaired) electrons. The summed E-state index contributed by atoms with van der Waals surface area (Å²) in [6.45, 7) is 1.99. The molecule has 1 aromatic rings. The molecule has 1 saturated carbocycles. The normalized spacial score (nSPS) is 20.5. The van der Waals surface area contributed by atoms with Gasteiger partial charge in [0.05, 0.1) is 5.54 Å². The number of aliphatic hydroxyl groups excluding tert-OH is 1. The van der Waals surface area contributed by atoms with Crippen molar-refractivity contribution in [2.24, 2.45) is 0 Å². The second-order valence-electron chi connectivity index (χ2n) is 5.89. The summed E-state index contributed by atoms with van der Waals surface area (Å²) in [6, 6.07) is 1.92. The summed E-state index contributed by atoms with van der Waals surface area (Å²) in [5, 5.41) is 11.0. The van der Waals surface area contributed by atoms with Crippen molar-refractivity contribution in [3.05, 3.63) is 23.4 Å². The first-order chi connectivity index (χ1) is 8.99. The number of aryl methyl sites for hydroxylation is 1. The van der Waals surface area contributed by atoms with E-state index in [2.05, 4.69) is 24.0 Å². The zero-order chi connectivity index (χ0) is 14.0. The Kier molecular flexibility index (Phi) is 4.11. The van der Waals surface area contributed by atoms with Gasteiger partial charge >= 0.3 is 0 Å². The van der Waals surface area contributed by atoms with E-state index in [1.54, 1.807) is 6.20 Å². The van der Waals surface area contributed by atoms with Crippen LogP contribution in [0.15, 0.2) is 12.3 Å². The number of anilines is 1. The van der Waals surface area contributed by atoms with Crippen LogP contribution in [0.5, 0.6) is 0 Å².